The lowest BCUT2D eigenvalue weighted by Gasteiger charge is -2.64. The lowest BCUT2D eigenvalue weighted by Crippen LogP contribution is -2.60. The summed E-state index contributed by atoms with van der Waals surface area (Å²) in [6.45, 7) is 11.3. The highest BCUT2D eigenvalue weighted by Crippen LogP contribution is 2.70. The number of hydrogen-bond donors (Lipinski definition) is 1. The SMILES string of the molecule is CC[C@]1(O)CC[C@H]2[C@@H]3CC[C@H]4CC5(C[C@H](C)[C@]4(C)[C@H]3CC[C@@]21C)OCCO5. The second kappa shape index (κ2) is 5.95. The zero-order chi connectivity index (χ0) is 19.1. The zero-order valence-corrected chi connectivity index (χ0v) is 17.9. The van der Waals surface area contributed by atoms with Gasteiger partial charge >= 0.3 is 0 Å². The Kier molecular flexibility index (Phi) is 4.16. The van der Waals surface area contributed by atoms with Crippen LogP contribution in [0.15, 0.2) is 0 Å². The fourth-order valence-electron chi connectivity index (χ4n) is 9.13. The molecular formula is C24H40O3. The molecule has 4 saturated carbocycles. The molecule has 5 fully saturated rings. The van der Waals surface area contributed by atoms with Gasteiger partial charge in [0.05, 0.1) is 18.8 Å². The summed E-state index contributed by atoms with van der Waals surface area (Å²) in [6, 6.07) is 0. The summed E-state index contributed by atoms with van der Waals surface area (Å²) in [4.78, 5) is 0. The van der Waals surface area contributed by atoms with Crippen molar-refractivity contribution in [3.05, 3.63) is 0 Å². The van der Waals surface area contributed by atoms with Crippen molar-refractivity contribution in [2.75, 3.05) is 13.2 Å². The zero-order valence-electron chi connectivity index (χ0n) is 17.9. The van der Waals surface area contributed by atoms with Crippen molar-refractivity contribution in [1.82, 2.24) is 0 Å². The van der Waals surface area contributed by atoms with Crippen LogP contribution in [-0.2, 0) is 9.47 Å². The molecule has 0 unspecified atom stereocenters. The second-order valence-corrected chi connectivity index (χ2v) is 11.3. The molecule has 0 aromatic carbocycles. The van der Waals surface area contributed by atoms with E-state index in [0.717, 1.165) is 62.6 Å². The molecule has 0 aromatic rings. The predicted molar refractivity (Wildman–Crippen MR) is 106 cm³/mol. The Balaban J connectivity index is 1.44. The molecule has 5 aliphatic rings. The smallest absolute Gasteiger partial charge is 0.169 e. The van der Waals surface area contributed by atoms with Crippen LogP contribution >= 0.6 is 0 Å². The van der Waals surface area contributed by atoms with Crippen molar-refractivity contribution in [2.24, 2.45) is 40.4 Å². The molecule has 1 saturated heterocycles. The van der Waals surface area contributed by atoms with Gasteiger partial charge in [0.1, 0.15) is 0 Å². The first-order chi connectivity index (χ1) is 12.8. The third kappa shape index (κ3) is 2.31. The molecule has 0 radical (unpaired) electrons. The maximum Gasteiger partial charge on any atom is 0.169 e. The van der Waals surface area contributed by atoms with Crippen LogP contribution in [-0.4, -0.2) is 29.7 Å². The first-order valence-electron chi connectivity index (χ1n) is 11.8. The Morgan fingerprint density at radius 3 is 2.33 bits per heavy atom. The topological polar surface area (TPSA) is 38.7 Å². The molecule has 4 aliphatic carbocycles. The monoisotopic (exact) mass is 376 g/mol. The van der Waals surface area contributed by atoms with Gasteiger partial charge in [-0.2, -0.15) is 0 Å². The lowest BCUT2D eigenvalue weighted by atomic mass is 9.42. The minimum absolute atomic E-state index is 0.142. The number of ether oxygens (including phenoxy) is 2. The summed E-state index contributed by atoms with van der Waals surface area (Å²) in [5, 5.41) is 11.4. The van der Waals surface area contributed by atoms with Gasteiger partial charge in [0.25, 0.3) is 0 Å². The van der Waals surface area contributed by atoms with Gasteiger partial charge in [-0.25, -0.2) is 0 Å². The summed E-state index contributed by atoms with van der Waals surface area (Å²) in [7, 11) is 0. The maximum absolute atomic E-state index is 11.4. The molecule has 3 nitrogen and oxygen atoms in total. The fraction of sp³-hybridized carbons (Fsp3) is 1.00. The van der Waals surface area contributed by atoms with E-state index >= 15 is 0 Å². The quantitative estimate of drug-likeness (QED) is 0.687. The van der Waals surface area contributed by atoms with E-state index in [-0.39, 0.29) is 11.2 Å². The number of rotatable bonds is 1. The number of fused-ring (bicyclic) bond motifs is 5. The third-order valence-electron chi connectivity index (χ3n) is 10.9. The highest BCUT2D eigenvalue weighted by molar-refractivity contribution is 5.15. The van der Waals surface area contributed by atoms with E-state index < -0.39 is 5.60 Å². The molecule has 154 valence electrons. The van der Waals surface area contributed by atoms with E-state index in [9.17, 15) is 5.11 Å². The maximum atomic E-state index is 11.4. The minimum atomic E-state index is -0.422. The summed E-state index contributed by atoms with van der Waals surface area (Å²) in [5.41, 5.74) is 0.134. The van der Waals surface area contributed by atoms with Crippen molar-refractivity contribution in [3.8, 4) is 0 Å². The van der Waals surface area contributed by atoms with Gasteiger partial charge in [0, 0.05) is 12.8 Å². The van der Waals surface area contributed by atoms with Crippen molar-refractivity contribution in [1.29, 1.82) is 0 Å². The van der Waals surface area contributed by atoms with Crippen LogP contribution in [0.5, 0.6) is 0 Å². The molecule has 0 aromatic heterocycles. The van der Waals surface area contributed by atoms with Crippen LogP contribution in [0, 0.1) is 40.4 Å². The normalized spacial score (nSPS) is 56.6. The number of aliphatic hydroxyl groups is 1. The van der Waals surface area contributed by atoms with E-state index in [2.05, 4.69) is 27.7 Å². The lowest BCUT2D eigenvalue weighted by molar-refractivity contribution is -0.250. The van der Waals surface area contributed by atoms with E-state index in [1.165, 1.54) is 32.1 Å². The largest absolute Gasteiger partial charge is 0.389 e. The Morgan fingerprint density at radius 2 is 1.63 bits per heavy atom. The van der Waals surface area contributed by atoms with Gasteiger partial charge in [0.2, 0.25) is 0 Å². The molecule has 1 heterocycles. The summed E-state index contributed by atoms with van der Waals surface area (Å²) in [6.07, 6.45) is 10.6. The third-order valence-corrected chi connectivity index (χ3v) is 10.9. The summed E-state index contributed by atoms with van der Waals surface area (Å²) < 4.78 is 12.3. The van der Waals surface area contributed by atoms with Crippen LogP contribution < -0.4 is 0 Å². The average molecular weight is 377 g/mol. The van der Waals surface area contributed by atoms with Crippen LogP contribution in [0.3, 0.4) is 0 Å². The van der Waals surface area contributed by atoms with Gasteiger partial charge in [-0.1, -0.05) is 27.7 Å². The van der Waals surface area contributed by atoms with Gasteiger partial charge in [0.15, 0.2) is 5.79 Å². The Hall–Kier alpha value is -0.120. The van der Waals surface area contributed by atoms with Gasteiger partial charge in [-0.15, -0.1) is 0 Å². The molecule has 5 rings (SSSR count). The number of hydrogen-bond acceptors (Lipinski definition) is 3. The van der Waals surface area contributed by atoms with Crippen LogP contribution in [0.2, 0.25) is 0 Å². The molecule has 0 bridgehead atoms. The van der Waals surface area contributed by atoms with E-state index in [1.807, 2.05) is 0 Å². The van der Waals surface area contributed by atoms with Crippen LogP contribution in [0.1, 0.15) is 85.5 Å². The van der Waals surface area contributed by atoms with Crippen LogP contribution in [0.4, 0.5) is 0 Å². The van der Waals surface area contributed by atoms with E-state index in [4.69, 9.17) is 9.47 Å². The van der Waals surface area contributed by atoms with E-state index in [1.54, 1.807) is 0 Å². The summed E-state index contributed by atoms with van der Waals surface area (Å²) in [5.74, 6) is 3.47. The second-order valence-electron chi connectivity index (χ2n) is 11.3. The molecular weight excluding hydrogens is 336 g/mol. The molecule has 27 heavy (non-hydrogen) atoms. The van der Waals surface area contributed by atoms with Crippen molar-refractivity contribution < 1.29 is 14.6 Å². The first-order valence-corrected chi connectivity index (χ1v) is 11.8. The standard InChI is InChI=1S/C24H40O3/c1-5-23(25)11-9-19-18-7-6-17-15-24(26-12-13-27-24)14-16(2)22(17,4)20(18)8-10-21(19,23)3/h16-20,25H,5-15H2,1-4H3/t16-,17-,18-,19-,20-,21-,22-,23-/m0/s1. The highest BCUT2D eigenvalue weighted by atomic mass is 16.7. The van der Waals surface area contributed by atoms with Crippen molar-refractivity contribution >= 4 is 0 Å². The first kappa shape index (κ1) is 18.9. The minimum Gasteiger partial charge on any atom is -0.389 e. The molecule has 3 heteroatoms. The van der Waals surface area contributed by atoms with Gasteiger partial charge in [-0.05, 0) is 85.4 Å². The molecule has 1 N–H and O–H groups in total. The Bertz CT molecular complexity index is 598. The molecule has 1 spiro atoms. The highest BCUT2D eigenvalue weighted by Gasteiger charge is 2.66. The van der Waals surface area contributed by atoms with E-state index in [0.29, 0.717) is 11.3 Å². The predicted octanol–water partition coefficient (Wildman–Crippen LogP) is 5.16. The van der Waals surface area contributed by atoms with Gasteiger partial charge in [-0.3, -0.25) is 0 Å². The van der Waals surface area contributed by atoms with Gasteiger partial charge < -0.3 is 14.6 Å². The van der Waals surface area contributed by atoms with Crippen molar-refractivity contribution in [2.45, 2.75) is 96.9 Å². The van der Waals surface area contributed by atoms with Crippen LogP contribution in [0.25, 0.3) is 0 Å². The summed E-state index contributed by atoms with van der Waals surface area (Å²) >= 11 is 0. The Morgan fingerprint density at radius 1 is 0.926 bits per heavy atom. The Labute approximate surface area is 165 Å². The van der Waals surface area contributed by atoms with Crippen molar-refractivity contribution in [3.63, 3.8) is 0 Å². The molecule has 8 atom stereocenters. The fourth-order valence-corrected chi connectivity index (χ4v) is 9.13. The molecule has 1 aliphatic heterocycles. The molecule has 0 amide bonds. The average Bonchev–Trinajstić information content (AvgIpc) is 3.20.